The summed E-state index contributed by atoms with van der Waals surface area (Å²) in [5.41, 5.74) is 7.63. The van der Waals surface area contributed by atoms with E-state index in [2.05, 4.69) is 15.6 Å². The molecule has 0 spiro atoms. The summed E-state index contributed by atoms with van der Waals surface area (Å²) >= 11 is 0. The highest BCUT2D eigenvalue weighted by atomic mass is 16.5. The minimum absolute atomic E-state index is 0.264. The van der Waals surface area contributed by atoms with Crippen LogP contribution in [0.3, 0.4) is 0 Å². The molecule has 5 heteroatoms. The molecule has 2 N–H and O–H groups in total. The van der Waals surface area contributed by atoms with Crippen molar-refractivity contribution >= 4 is 12.0 Å². The lowest BCUT2D eigenvalue weighted by atomic mass is 9.90. The van der Waals surface area contributed by atoms with E-state index in [0.717, 1.165) is 12.8 Å². The summed E-state index contributed by atoms with van der Waals surface area (Å²) in [5, 5.41) is 0. The van der Waals surface area contributed by atoms with Crippen LogP contribution in [-0.4, -0.2) is 18.6 Å². The number of fused-ring (bicyclic) bond motifs is 1. The summed E-state index contributed by atoms with van der Waals surface area (Å²) in [6, 6.07) is 5.68. The van der Waals surface area contributed by atoms with Crippen molar-refractivity contribution in [3.8, 4) is 0 Å². The maximum absolute atomic E-state index is 11.9. The highest BCUT2D eigenvalue weighted by Crippen LogP contribution is 2.22. The molecule has 0 bridgehead atoms. The van der Waals surface area contributed by atoms with Gasteiger partial charge in [0.05, 0.1) is 6.61 Å². The van der Waals surface area contributed by atoms with E-state index in [-0.39, 0.29) is 12.5 Å². The van der Waals surface area contributed by atoms with Crippen molar-refractivity contribution in [3.05, 3.63) is 34.9 Å². The molecule has 0 heterocycles. The molecule has 19 heavy (non-hydrogen) atoms. The van der Waals surface area contributed by atoms with Crippen LogP contribution in [0.25, 0.3) is 0 Å². The molecule has 0 fully saturated rings. The smallest absolute Gasteiger partial charge is 0.426 e. The van der Waals surface area contributed by atoms with E-state index in [1.165, 1.54) is 24.0 Å². The van der Waals surface area contributed by atoms with Gasteiger partial charge in [-0.05, 0) is 55.9 Å². The predicted octanol–water partition coefficient (Wildman–Crippen LogP) is 1.96. The molecule has 102 valence electrons. The number of hydrogen-bond acceptors (Lipinski definition) is 3. The fourth-order valence-corrected chi connectivity index (χ4v) is 2.22. The van der Waals surface area contributed by atoms with Gasteiger partial charge in [0.2, 0.25) is 0 Å². The standard InChI is InChI=1S/C14H18N2O3/c1-2-19-14(18)16-15-13(17)12-8-7-10-5-3-4-6-11(10)9-12/h7-9H,2-6H2,1H3,(H,15,17)(H,16,18). The lowest BCUT2D eigenvalue weighted by molar-refractivity contribution is 0.0912. The van der Waals surface area contributed by atoms with E-state index in [4.69, 9.17) is 0 Å². The van der Waals surface area contributed by atoms with E-state index < -0.39 is 6.09 Å². The number of carbonyl (C=O) groups is 2. The van der Waals surface area contributed by atoms with E-state index in [9.17, 15) is 9.59 Å². The largest absolute Gasteiger partial charge is 0.449 e. The third-order valence-electron chi connectivity index (χ3n) is 3.16. The zero-order valence-electron chi connectivity index (χ0n) is 11.0. The number of benzene rings is 1. The molecule has 1 aromatic rings. The number of amides is 2. The monoisotopic (exact) mass is 262 g/mol. The second-order valence-corrected chi connectivity index (χ2v) is 4.49. The van der Waals surface area contributed by atoms with Gasteiger partial charge in [-0.25, -0.2) is 10.2 Å². The normalized spacial score (nSPS) is 13.3. The molecule has 0 saturated heterocycles. The predicted molar refractivity (Wildman–Crippen MR) is 70.7 cm³/mol. The molecular weight excluding hydrogens is 244 g/mol. The van der Waals surface area contributed by atoms with Crippen LogP contribution in [0.4, 0.5) is 4.79 Å². The van der Waals surface area contributed by atoms with E-state index in [1.807, 2.05) is 12.1 Å². The number of hydrazine groups is 1. The van der Waals surface area contributed by atoms with Crippen molar-refractivity contribution in [3.63, 3.8) is 0 Å². The van der Waals surface area contributed by atoms with Crippen LogP contribution in [0.15, 0.2) is 18.2 Å². The van der Waals surface area contributed by atoms with Crippen molar-refractivity contribution in [2.24, 2.45) is 0 Å². The summed E-state index contributed by atoms with van der Waals surface area (Å²) in [4.78, 5) is 22.9. The Kier molecular flexibility index (Phi) is 4.39. The molecule has 0 radical (unpaired) electrons. The molecule has 1 aliphatic rings. The topological polar surface area (TPSA) is 67.4 Å². The van der Waals surface area contributed by atoms with Crippen molar-refractivity contribution in [2.45, 2.75) is 32.6 Å². The van der Waals surface area contributed by atoms with Crippen molar-refractivity contribution in [1.82, 2.24) is 10.9 Å². The van der Waals surface area contributed by atoms with Crippen LogP contribution in [0.1, 0.15) is 41.3 Å². The molecular formula is C14H18N2O3. The lowest BCUT2D eigenvalue weighted by Gasteiger charge is -2.16. The average molecular weight is 262 g/mol. The Morgan fingerprint density at radius 3 is 2.63 bits per heavy atom. The highest BCUT2D eigenvalue weighted by molar-refractivity contribution is 5.95. The maximum Gasteiger partial charge on any atom is 0.426 e. The second kappa shape index (κ2) is 6.22. The van der Waals surface area contributed by atoms with Gasteiger partial charge in [-0.3, -0.25) is 10.2 Å². The molecule has 5 nitrogen and oxygen atoms in total. The van der Waals surface area contributed by atoms with Crippen LogP contribution in [0, 0.1) is 0 Å². The van der Waals surface area contributed by atoms with Gasteiger partial charge < -0.3 is 4.74 Å². The van der Waals surface area contributed by atoms with Gasteiger partial charge in [-0.15, -0.1) is 0 Å². The number of nitrogens with one attached hydrogen (secondary N) is 2. The summed E-state index contributed by atoms with van der Waals surface area (Å²) < 4.78 is 4.65. The Bertz CT molecular complexity index is 486. The van der Waals surface area contributed by atoms with Crippen LogP contribution < -0.4 is 10.9 Å². The Hall–Kier alpha value is -2.04. The summed E-state index contributed by atoms with van der Waals surface area (Å²) in [7, 11) is 0. The molecule has 0 unspecified atom stereocenters. The Balaban J connectivity index is 1.97. The lowest BCUT2D eigenvalue weighted by Crippen LogP contribution is -2.42. The Morgan fingerprint density at radius 1 is 1.16 bits per heavy atom. The zero-order chi connectivity index (χ0) is 13.7. The van der Waals surface area contributed by atoms with E-state index >= 15 is 0 Å². The molecule has 0 atom stereocenters. The molecule has 0 saturated carbocycles. The number of carbonyl (C=O) groups excluding carboxylic acids is 2. The molecule has 1 aromatic carbocycles. The van der Waals surface area contributed by atoms with Gasteiger partial charge >= 0.3 is 6.09 Å². The van der Waals surface area contributed by atoms with Crippen molar-refractivity contribution in [2.75, 3.05) is 6.61 Å². The third kappa shape index (κ3) is 3.47. The SMILES string of the molecule is CCOC(=O)NNC(=O)c1ccc2c(c1)CCCC2. The molecule has 2 rings (SSSR count). The first kappa shape index (κ1) is 13.4. The highest BCUT2D eigenvalue weighted by Gasteiger charge is 2.13. The zero-order valence-corrected chi connectivity index (χ0v) is 11.0. The minimum atomic E-state index is -0.659. The van der Waals surface area contributed by atoms with Crippen LogP contribution in [-0.2, 0) is 17.6 Å². The first-order valence-electron chi connectivity index (χ1n) is 6.55. The minimum Gasteiger partial charge on any atom is -0.449 e. The second-order valence-electron chi connectivity index (χ2n) is 4.49. The Morgan fingerprint density at radius 2 is 1.89 bits per heavy atom. The summed E-state index contributed by atoms with van der Waals surface area (Å²) in [6.45, 7) is 1.96. The molecule has 1 aliphatic carbocycles. The quantitative estimate of drug-likeness (QED) is 0.801. The summed E-state index contributed by atoms with van der Waals surface area (Å²) in [6.07, 6.45) is 3.82. The van der Waals surface area contributed by atoms with Crippen molar-refractivity contribution < 1.29 is 14.3 Å². The number of hydrogen-bond donors (Lipinski definition) is 2. The maximum atomic E-state index is 11.9. The fourth-order valence-electron chi connectivity index (χ4n) is 2.22. The Labute approximate surface area is 112 Å². The number of aryl methyl sites for hydroxylation is 2. The molecule has 0 aliphatic heterocycles. The van der Waals surface area contributed by atoms with Gasteiger partial charge in [0.25, 0.3) is 5.91 Å². The van der Waals surface area contributed by atoms with E-state index in [0.29, 0.717) is 5.56 Å². The van der Waals surface area contributed by atoms with Gasteiger partial charge in [0, 0.05) is 5.56 Å². The van der Waals surface area contributed by atoms with Crippen LogP contribution >= 0.6 is 0 Å². The third-order valence-corrected chi connectivity index (χ3v) is 3.16. The number of ether oxygens (including phenoxy) is 1. The van der Waals surface area contributed by atoms with E-state index in [1.54, 1.807) is 13.0 Å². The van der Waals surface area contributed by atoms with Gasteiger partial charge in [-0.2, -0.15) is 0 Å². The summed E-state index contributed by atoms with van der Waals surface area (Å²) in [5.74, 6) is -0.332. The number of rotatable bonds is 2. The molecule has 2 amide bonds. The fraction of sp³-hybridized carbons (Fsp3) is 0.429. The van der Waals surface area contributed by atoms with Crippen LogP contribution in [0.2, 0.25) is 0 Å². The van der Waals surface area contributed by atoms with Gasteiger partial charge in [0.1, 0.15) is 0 Å². The first-order chi connectivity index (χ1) is 9.20. The average Bonchev–Trinajstić information content (AvgIpc) is 2.44. The van der Waals surface area contributed by atoms with Gasteiger partial charge in [-0.1, -0.05) is 6.07 Å². The molecule has 0 aromatic heterocycles. The first-order valence-corrected chi connectivity index (χ1v) is 6.55. The van der Waals surface area contributed by atoms with Gasteiger partial charge in [0.15, 0.2) is 0 Å². The van der Waals surface area contributed by atoms with Crippen molar-refractivity contribution in [1.29, 1.82) is 0 Å². The van der Waals surface area contributed by atoms with Crippen LogP contribution in [0.5, 0.6) is 0 Å².